The second-order valence-electron chi connectivity index (χ2n) is 7.06. The maximum absolute atomic E-state index is 13.2. The minimum atomic E-state index is -0.487. The van der Waals surface area contributed by atoms with Gasteiger partial charge in [-0.1, -0.05) is 23.4 Å². The van der Waals surface area contributed by atoms with Gasteiger partial charge in [-0.25, -0.2) is 9.18 Å². The monoisotopic (exact) mass is 449 g/mol. The predicted octanol–water partition coefficient (Wildman–Crippen LogP) is 4.13. The lowest BCUT2D eigenvalue weighted by Gasteiger charge is -2.11. The Morgan fingerprint density at radius 2 is 1.82 bits per heavy atom. The molecule has 4 aromatic rings. The summed E-state index contributed by atoms with van der Waals surface area (Å²) in [6.07, 6.45) is 0. The van der Waals surface area contributed by atoms with E-state index in [-0.39, 0.29) is 18.0 Å². The SMILES string of the molecule is COc1ccc(C(=O)Nc2cccc(CNC(=O)Nc3cccc(F)c3)c2)c2c(N)onc12. The first-order chi connectivity index (χ1) is 15.9. The number of urea groups is 1. The summed E-state index contributed by atoms with van der Waals surface area (Å²) in [7, 11) is 1.48. The number of ether oxygens (including phenoxy) is 1. The fraction of sp³-hybridized carbons (Fsp3) is 0.0870. The minimum Gasteiger partial charge on any atom is -0.494 e. The predicted molar refractivity (Wildman–Crippen MR) is 122 cm³/mol. The van der Waals surface area contributed by atoms with E-state index in [0.29, 0.717) is 28.0 Å². The second-order valence-corrected chi connectivity index (χ2v) is 7.06. The summed E-state index contributed by atoms with van der Waals surface area (Å²) in [5.74, 6) is -0.409. The zero-order chi connectivity index (χ0) is 23.4. The summed E-state index contributed by atoms with van der Waals surface area (Å²) in [4.78, 5) is 25.0. The van der Waals surface area contributed by atoms with Gasteiger partial charge in [-0.3, -0.25) is 4.79 Å². The standard InChI is InChI=1S/C23H20FN5O4/c1-32-18-9-8-17(19-20(18)29-33-21(19)25)22(30)27-15-6-2-4-13(10-15)12-26-23(31)28-16-7-3-5-14(24)11-16/h2-11H,12,25H2,1H3,(H,27,30)(H2,26,28,31). The summed E-state index contributed by atoms with van der Waals surface area (Å²) in [5, 5.41) is 12.3. The van der Waals surface area contributed by atoms with E-state index in [1.54, 1.807) is 42.5 Å². The first-order valence-corrected chi connectivity index (χ1v) is 9.87. The summed E-state index contributed by atoms with van der Waals surface area (Å²) < 4.78 is 23.5. The molecule has 0 spiro atoms. The van der Waals surface area contributed by atoms with Crippen LogP contribution in [0.15, 0.2) is 65.2 Å². The molecule has 0 aliphatic heterocycles. The summed E-state index contributed by atoms with van der Waals surface area (Å²) in [6, 6.07) is 15.3. The lowest BCUT2D eigenvalue weighted by Crippen LogP contribution is -2.28. The quantitative estimate of drug-likeness (QED) is 0.350. The van der Waals surface area contributed by atoms with E-state index in [9.17, 15) is 14.0 Å². The topological polar surface area (TPSA) is 132 Å². The highest BCUT2D eigenvalue weighted by atomic mass is 19.1. The van der Waals surface area contributed by atoms with Gasteiger partial charge in [0.2, 0.25) is 5.88 Å². The van der Waals surface area contributed by atoms with E-state index in [4.69, 9.17) is 15.0 Å². The molecule has 1 heterocycles. The molecule has 0 saturated heterocycles. The van der Waals surface area contributed by atoms with Crippen molar-refractivity contribution < 1.29 is 23.2 Å². The Bertz CT molecular complexity index is 1340. The van der Waals surface area contributed by atoms with E-state index < -0.39 is 17.8 Å². The van der Waals surface area contributed by atoms with Gasteiger partial charge in [0.25, 0.3) is 5.91 Å². The van der Waals surface area contributed by atoms with Crippen LogP contribution in [0.2, 0.25) is 0 Å². The number of methoxy groups -OCH3 is 1. The molecule has 0 fully saturated rings. The third-order valence-electron chi connectivity index (χ3n) is 4.81. The lowest BCUT2D eigenvalue weighted by atomic mass is 10.1. The number of nitrogens with two attached hydrogens (primary N) is 1. The molecule has 0 atom stereocenters. The van der Waals surface area contributed by atoms with Crippen molar-refractivity contribution in [2.75, 3.05) is 23.5 Å². The van der Waals surface area contributed by atoms with Gasteiger partial charge in [0, 0.05) is 17.9 Å². The molecule has 3 aromatic carbocycles. The molecule has 0 unspecified atom stereocenters. The maximum atomic E-state index is 13.2. The number of amides is 3. The maximum Gasteiger partial charge on any atom is 0.319 e. The molecule has 3 amide bonds. The largest absolute Gasteiger partial charge is 0.494 e. The van der Waals surface area contributed by atoms with Crippen LogP contribution >= 0.6 is 0 Å². The van der Waals surface area contributed by atoms with Crippen molar-refractivity contribution in [1.29, 1.82) is 0 Å². The molecular weight excluding hydrogens is 429 g/mol. The number of carbonyl (C=O) groups excluding carboxylic acids is 2. The summed E-state index contributed by atoms with van der Waals surface area (Å²) in [5.41, 5.74) is 8.09. The Hall–Kier alpha value is -4.60. The molecule has 0 aliphatic rings. The third-order valence-corrected chi connectivity index (χ3v) is 4.81. The van der Waals surface area contributed by atoms with E-state index >= 15 is 0 Å². The number of nitrogen functional groups attached to an aromatic ring is 1. The average molecular weight is 449 g/mol. The van der Waals surface area contributed by atoms with Crippen LogP contribution in [0.25, 0.3) is 10.9 Å². The van der Waals surface area contributed by atoms with Crippen molar-refractivity contribution >= 4 is 40.1 Å². The van der Waals surface area contributed by atoms with Crippen LogP contribution < -0.4 is 26.4 Å². The van der Waals surface area contributed by atoms with Crippen LogP contribution in [0.3, 0.4) is 0 Å². The number of fused-ring (bicyclic) bond motifs is 1. The highest BCUT2D eigenvalue weighted by molar-refractivity contribution is 6.15. The molecule has 5 N–H and O–H groups in total. The molecular formula is C23H20FN5O4. The van der Waals surface area contributed by atoms with Crippen LogP contribution in [0.1, 0.15) is 15.9 Å². The number of halogens is 1. The van der Waals surface area contributed by atoms with Crippen molar-refractivity contribution in [1.82, 2.24) is 10.5 Å². The number of hydrogen-bond acceptors (Lipinski definition) is 6. The number of rotatable bonds is 6. The molecule has 0 bridgehead atoms. The van der Waals surface area contributed by atoms with Crippen LogP contribution in [-0.2, 0) is 6.54 Å². The Balaban J connectivity index is 1.43. The highest BCUT2D eigenvalue weighted by Crippen LogP contribution is 2.32. The number of aromatic nitrogens is 1. The Labute approximate surface area is 187 Å². The van der Waals surface area contributed by atoms with E-state index in [0.717, 1.165) is 5.56 Å². The number of anilines is 3. The highest BCUT2D eigenvalue weighted by Gasteiger charge is 2.19. The van der Waals surface area contributed by atoms with Gasteiger partial charge in [0.05, 0.1) is 18.1 Å². The molecule has 168 valence electrons. The molecule has 0 saturated carbocycles. The van der Waals surface area contributed by atoms with Crippen molar-refractivity contribution in [3.63, 3.8) is 0 Å². The molecule has 4 rings (SSSR count). The molecule has 9 nitrogen and oxygen atoms in total. The molecule has 0 aliphatic carbocycles. The zero-order valence-electron chi connectivity index (χ0n) is 17.5. The van der Waals surface area contributed by atoms with E-state index in [1.165, 1.54) is 25.3 Å². The van der Waals surface area contributed by atoms with Gasteiger partial charge >= 0.3 is 6.03 Å². The lowest BCUT2D eigenvalue weighted by molar-refractivity contribution is 0.102. The average Bonchev–Trinajstić information content (AvgIpc) is 3.19. The van der Waals surface area contributed by atoms with Gasteiger partial charge < -0.3 is 30.9 Å². The summed E-state index contributed by atoms with van der Waals surface area (Å²) in [6.45, 7) is 0.191. The number of hydrogen-bond donors (Lipinski definition) is 4. The first kappa shape index (κ1) is 21.6. The van der Waals surface area contributed by atoms with Crippen molar-refractivity contribution in [3.8, 4) is 5.75 Å². The van der Waals surface area contributed by atoms with Crippen LogP contribution in [0, 0.1) is 5.82 Å². The van der Waals surface area contributed by atoms with Gasteiger partial charge in [-0.2, -0.15) is 0 Å². The minimum absolute atomic E-state index is 0.0105. The molecule has 10 heteroatoms. The van der Waals surface area contributed by atoms with Gasteiger partial charge in [-0.05, 0) is 48.0 Å². The van der Waals surface area contributed by atoms with Gasteiger partial charge in [0.1, 0.15) is 11.6 Å². The van der Waals surface area contributed by atoms with E-state index in [1.807, 2.05) is 0 Å². The Morgan fingerprint density at radius 3 is 2.58 bits per heavy atom. The van der Waals surface area contributed by atoms with Crippen LogP contribution in [0.4, 0.5) is 26.4 Å². The molecule has 33 heavy (non-hydrogen) atoms. The fourth-order valence-corrected chi connectivity index (χ4v) is 3.29. The van der Waals surface area contributed by atoms with E-state index in [2.05, 4.69) is 21.1 Å². The normalized spacial score (nSPS) is 10.6. The Kier molecular flexibility index (Phi) is 6.07. The Morgan fingerprint density at radius 1 is 1.06 bits per heavy atom. The second kappa shape index (κ2) is 9.27. The fourth-order valence-electron chi connectivity index (χ4n) is 3.29. The zero-order valence-corrected chi connectivity index (χ0v) is 17.5. The van der Waals surface area contributed by atoms with Crippen molar-refractivity contribution in [2.45, 2.75) is 6.54 Å². The van der Waals surface area contributed by atoms with Gasteiger partial charge in [-0.15, -0.1) is 0 Å². The summed E-state index contributed by atoms with van der Waals surface area (Å²) >= 11 is 0. The van der Waals surface area contributed by atoms with Crippen molar-refractivity contribution in [3.05, 3.63) is 77.6 Å². The molecule has 0 radical (unpaired) electrons. The number of nitrogens with one attached hydrogen (secondary N) is 3. The number of benzene rings is 3. The first-order valence-electron chi connectivity index (χ1n) is 9.87. The van der Waals surface area contributed by atoms with Gasteiger partial charge in [0.15, 0.2) is 5.52 Å². The van der Waals surface area contributed by atoms with Crippen LogP contribution in [0.5, 0.6) is 5.75 Å². The molecule has 1 aromatic heterocycles. The third kappa shape index (κ3) is 4.85. The van der Waals surface area contributed by atoms with Crippen LogP contribution in [-0.4, -0.2) is 24.2 Å². The smallest absolute Gasteiger partial charge is 0.319 e. The number of carbonyl (C=O) groups is 2. The van der Waals surface area contributed by atoms with Crippen molar-refractivity contribution in [2.24, 2.45) is 0 Å². The number of nitrogens with zero attached hydrogens (tertiary/aromatic N) is 1.